The Morgan fingerprint density at radius 2 is 1.76 bits per heavy atom. The summed E-state index contributed by atoms with van der Waals surface area (Å²) in [6, 6.07) is 7.80. The van der Waals surface area contributed by atoms with Crippen LogP contribution in [0.2, 0.25) is 0 Å². The van der Waals surface area contributed by atoms with Crippen molar-refractivity contribution in [3.63, 3.8) is 0 Å². The molecule has 4 nitrogen and oxygen atoms in total. The molecule has 1 aromatic carbocycles. The van der Waals surface area contributed by atoms with E-state index >= 15 is 0 Å². The van der Waals surface area contributed by atoms with Gasteiger partial charge < -0.3 is 15.8 Å². The molecule has 3 N–H and O–H groups in total. The second kappa shape index (κ2) is 7.66. The molecule has 0 aliphatic carbocycles. The lowest BCUT2D eigenvalue weighted by atomic mass is 9.86. The number of ether oxygens (including phenoxy) is 1. The fourth-order valence-corrected chi connectivity index (χ4v) is 1.73. The molecule has 0 radical (unpaired) electrons. The molecule has 0 unspecified atom stereocenters. The van der Waals surface area contributed by atoms with Crippen LogP contribution >= 0.6 is 12.4 Å². The zero-order chi connectivity index (χ0) is 15.4. The van der Waals surface area contributed by atoms with Gasteiger partial charge in [-0.05, 0) is 30.9 Å². The first-order valence-electron chi connectivity index (χ1n) is 6.87. The Kier molecular flexibility index (Phi) is 7.20. The third kappa shape index (κ3) is 7.34. The van der Waals surface area contributed by atoms with Crippen molar-refractivity contribution in [2.45, 2.75) is 45.6 Å². The molecule has 21 heavy (non-hydrogen) atoms. The number of benzene rings is 1. The molecule has 0 saturated heterocycles. The number of rotatable bonds is 5. The van der Waals surface area contributed by atoms with Crippen molar-refractivity contribution < 1.29 is 9.53 Å². The highest BCUT2D eigenvalue weighted by Crippen LogP contribution is 2.30. The van der Waals surface area contributed by atoms with Gasteiger partial charge in [0, 0.05) is 12.1 Å². The molecule has 0 aromatic heterocycles. The summed E-state index contributed by atoms with van der Waals surface area (Å²) in [5.74, 6) is 0.592. The normalized spacial score (nSPS) is 11.5. The van der Waals surface area contributed by atoms with E-state index in [-0.39, 0.29) is 30.3 Å². The van der Waals surface area contributed by atoms with Crippen LogP contribution in [0.15, 0.2) is 24.3 Å². The van der Waals surface area contributed by atoms with Crippen molar-refractivity contribution in [3.8, 4) is 5.75 Å². The summed E-state index contributed by atoms with van der Waals surface area (Å²) in [7, 11) is 0. The Hall–Kier alpha value is -1.26. The van der Waals surface area contributed by atoms with Crippen molar-refractivity contribution in [1.29, 1.82) is 0 Å². The van der Waals surface area contributed by atoms with E-state index in [1.807, 2.05) is 38.1 Å². The number of hydrogen-bond acceptors (Lipinski definition) is 3. The minimum Gasteiger partial charge on any atom is -0.483 e. The number of carbonyl (C=O) groups excluding carboxylic acids is 1. The van der Waals surface area contributed by atoms with Crippen molar-refractivity contribution >= 4 is 18.3 Å². The van der Waals surface area contributed by atoms with Gasteiger partial charge in [0.1, 0.15) is 5.75 Å². The number of carbonyl (C=O) groups is 1. The van der Waals surface area contributed by atoms with Gasteiger partial charge in [-0.15, -0.1) is 12.4 Å². The lowest BCUT2D eigenvalue weighted by molar-refractivity contribution is -0.123. The third-order valence-electron chi connectivity index (χ3n) is 2.80. The van der Waals surface area contributed by atoms with Gasteiger partial charge >= 0.3 is 0 Å². The number of nitrogens with two attached hydrogens (primary N) is 1. The van der Waals surface area contributed by atoms with Crippen LogP contribution < -0.4 is 15.8 Å². The van der Waals surface area contributed by atoms with Crippen LogP contribution in [0.25, 0.3) is 0 Å². The Morgan fingerprint density at radius 3 is 2.29 bits per heavy atom. The molecule has 0 aliphatic rings. The maximum Gasteiger partial charge on any atom is 0.258 e. The van der Waals surface area contributed by atoms with Crippen LogP contribution in [0.5, 0.6) is 5.75 Å². The van der Waals surface area contributed by atoms with E-state index in [1.54, 1.807) is 0 Å². The first kappa shape index (κ1) is 19.7. The maximum atomic E-state index is 11.7. The van der Waals surface area contributed by atoms with Crippen LogP contribution in [0, 0.1) is 0 Å². The molecule has 5 heteroatoms. The lowest BCUT2D eigenvalue weighted by Gasteiger charge is -2.23. The van der Waals surface area contributed by atoms with Gasteiger partial charge in [0.25, 0.3) is 5.91 Å². The van der Waals surface area contributed by atoms with Gasteiger partial charge in [0.05, 0.1) is 0 Å². The van der Waals surface area contributed by atoms with Gasteiger partial charge in [0.2, 0.25) is 0 Å². The third-order valence-corrected chi connectivity index (χ3v) is 2.80. The van der Waals surface area contributed by atoms with Crippen LogP contribution in [0.4, 0.5) is 0 Å². The number of amides is 1. The Morgan fingerprint density at radius 1 is 1.19 bits per heavy atom. The van der Waals surface area contributed by atoms with E-state index in [2.05, 4.69) is 26.1 Å². The molecule has 0 heterocycles. The maximum absolute atomic E-state index is 11.7. The summed E-state index contributed by atoms with van der Waals surface area (Å²) in [5.41, 5.74) is 6.47. The number of halogens is 1. The van der Waals surface area contributed by atoms with Crippen molar-refractivity contribution in [1.82, 2.24) is 5.32 Å². The van der Waals surface area contributed by atoms with Gasteiger partial charge in [-0.25, -0.2) is 0 Å². The lowest BCUT2D eigenvalue weighted by Crippen LogP contribution is -2.46. The molecular weight excluding hydrogens is 288 g/mol. The van der Waals surface area contributed by atoms with Crippen LogP contribution in [0.1, 0.15) is 40.2 Å². The highest BCUT2D eigenvalue weighted by Gasteiger charge is 2.19. The summed E-state index contributed by atoms with van der Waals surface area (Å²) in [4.78, 5) is 11.7. The van der Waals surface area contributed by atoms with E-state index in [0.29, 0.717) is 6.54 Å². The van der Waals surface area contributed by atoms with Gasteiger partial charge in [0.15, 0.2) is 6.61 Å². The predicted octanol–water partition coefficient (Wildman–Crippen LogP) is 2.64. The quantitative estimate of drug-likeness (QED) is 0.878. The van der Waals surface area contributed by atoms with Crippen LogP contribution in [-0.2, 0) is 10.2 Å². The highest BCUT2D eigenvalue weighted by atomic mass is 35.5. The van der Waals surface area contributed by atoms with Crippen molar-refractivity contribution in [3.05, 3.63) is 29.8 Å². The van der Waals surface area contributed by atoms with E-state index < -0.39 is 5.54 Å². The highest BCUT2D eigenvalue weighted by molar-refractivity contribution is 5.85. The number of para-hydroxylation sites is 1. The smallest absolute Gasteiger partial charge is 0.258 e. The zero-order valence-corrected chi connectivity index (χ0v) is 14.3. The fourth-order valence-electron chi connectivity index (χ4n) is 1.73. The van der Waals surface area contributed by atoms with E-state index in [0.717, 1.165) is 11.3 Å². The van der Waals surface area contributed by atoms with E-state index in [9.17, 15) is 4.79 Å². The Bertz CT molecular complexity index is 462. The van der Waals surface area contributed by atoms with E-state index in [4.69, 9.17) is 10.5 Å². The van der Waals surface area contributed by atoms with Gasteiger partial charge in [-0.3, -0.25) is 4.79 Å². The molecule has 1 rings (SSSR count). The van der Waals surface area contributed by atoms with Gasteiger partial charge in [-0.2, -0.15) is 0 Å². The molecule has 0 spiro atoms. The molecule has 0 fully saturated rings. The fraction of sp³-hybridized carbons (Fsp3) is 0.562. The van der Waals surface area contributed by atoms with Crippen molar-refractivity contribution in [2.75, 3.05) is 13.2 Å². The molecule has 0 aliphatic heterocycles. The van der Waals surface area contributed by atoms with Crippen molar-refractivity contribution in [2.24, 2.45) is 5.73 Å². The largest absolute Gasteiger partial charge is 0.483 e. The Balaban J connectivity index is 0.00000400. The first-order valence-corrected chi connectivity index (χ1v) is 6.87. The number of nitrogens with one attached hydrogen (secondary N) is 1. The minimum atomic E-state index is -0.418. The summed E-state index contributed by atoms with van der Waals surface area (Å²) < 4.78 is 5.64. The zero-order valence-electron chi connectivity index (χ0n) is 13.5. The molecule has 0 saturated carbocycles. The Labute approximate surface area is 133 Å². The second-order valence-electron chi connectivity index (χ2n) is 6.80. The summed E-state index contributed by atoms with van der Waals surface area (Å²) in [6.45, 7) is 10.5. The standard InChI is InChI=1S/C16H26N2O2.ClH/c1-15(2,3)12-8-6-7-9-13(12)20-10-14(19)18-11-16(4,5)17;/h6-9H,10-11,17H2,1-5H3,(H,18,19);1H. The molecule has 120 valence electrons. The number of hydrogen-bond donors (Lipinski definition) is 2. The molecule has 0 atom stereocenters. The monoisotopic (exact) mass is 314 g/mol. The van der Waals surface area contributed by atoms with E-state index in [1.165, 1.54) is 0 Å². The van der Waals surface area contributed by atoms with Gasteiger partial charge in [-0.1, -0.05) is 39.0 Å². The SMILES string of the molecule is CC(C)(N)CNC(=O)COc1ccccc1C(C)(C)C.Cl. The summed E-state index contributed by atoms with van der Waals surface area (Å²) >= 11 is 0. The van der Waals surface area contributed by atoms with Crippen LogP contribution in [0.3, 0.4) is 0 Å². The summed E-state index contributed by atoms with van der Waals surface area (Å²) in [6.07, 6.45) is 0. The first-order chi connectivity index (χ1) is 9.09. The second-order valence-corrected chi connectivity index (χ2v) is 6.80. The molecule has 1 amide bonds. The minimum absolute atomic E-state index is 0. The predicted molar refractivity (Wildman–Crippen MR) is 89.2 cm³/mol. The average molecular weight is 315 g/mol. The molecule has 1 aromatic rings. The van der Waals surface area contributed by atoms with Crippen LogP contribution in [-0.4, -0.2) is 24.6 Å². The average Bonchev–Trinajstić information content (AvgIpc) is 2.32. The topological polar surface area (TPSA) is 64.3 Å². The molecular formula is C16H27ClN2O2. The summed E-state index contributed by atoms with van der Waals surface area (Å²) in [5, 5.41) is 2.76. The molecule has 0 bridgehead atoms.